The van der Waals surface area contributed by atoms with Crippen molar-refractivity contribution in [1.82, 2.24) is 0 Å². The van der Waals surface area contributed by atoms with E-state index in [4.69, 9.17) is 9.92 Å². The predicted octanol–water partition coefficient (Wildman–Crippen LogP) is 4.89. The molecule has 0 unspecified atom stereocenters. The highest BCUT2D eigenvalue weighted by Gasteiger charge is 2.13. The van der Waals surface area contributed by atoms with Gasteiger partial charge in [-0.25, -0.2) is 0 Å². The zero-order valence-corrected chi connectivity index (χ0v) is 16.4. The molecule has 0 aliphatic carbocycles. The van der Waals surface area contributed by atoms with Crippen molar-refractivity contribution in [2.45, 2.75) is 83.1 Å². The molecule has 0 saturated heterocycles. The van der Waals surface area contributed by atoms with E-state index in [-0.39, 0.29) is 11.5 Å². The van der Waals surface area contributed by atoms with Gasteiger partial charge in [-0.15, -0.1) is 0 Å². The van der Waals surface area contributed by atoms with Gasteiger partial charge in [0.25, 0.3) is 10.1 Å². The van der Waals surface area contributed by atoms with E-state index in [0.717, 1.165) is 12.8 Å². The molecule has 0 fully saturated rings. The van der Waals surface area contributed by atoms with E-state index < -0.39 is 10.1 Å². The van der Waals surface area contributed by atoms with Crippen LogP contribution < -0.4 is 5.73 Å². The zero-order valence-electron chi connectivity index (χ0n) is 15.5. The van der Waals surface area contributed by atoms with E-state index in [1.807, 2.05) is 13.8 Å². The molecule has 0 amide bonds. The summed E-state index contributed by atoms with van der Waals surface area (Å²) in [7, 11) is -3.57. The van der Waals surface area contributed by atoms with Crippen LogP contribution in [0.2, 0.25) is 0 Å². The van der Waals surface area contributed by atoms with Gasteiger partial charge in [-0.1, -0.05) is 83.9 Å². The SMILES string of the molecule is CC(C)N.CCCCCCCCCCOS(=O)(=O)c1ccccc1. The first-order valence-electron chi connectivity index (χ1n) is 9.10. The Kier molecular flexibility index (Phi) is 13.9. The van der Waals surface area contributed by atoms with E-state index in [2.05, 4.69) is 6.92 Å². The van der Waals surface area contributed by atoms with Crippen LogP contribution in [0.4, 0.5) is 0 Å². The molecule has 4 nitrogen and oxygen atoms in total. The van der Waals surface area contributed by atoms with Crippen LogP contribution in [0.25, 0.3) is 0 Å². The van der Waals surface area contributed by atoms with Crippen molar-refractivity contribution < 1.29 is 12.6 Å². The summed E-state index contributed by atoms with van der Waals surface area (Å²) in [5.74, 6) is 0. The normalized spacial score (nSPS) is 11.2. The highest BCUT2D eigenvalue weighted by molar-refractivity contribution is 7.86. The van der Waals surface area contributed by atoms with Crippen molar-refractivity contribution in [1.29, 1.82) is 0 Å². The summed E-state index contributed by atoms with van der Waals surface area (Å²) in [5.41, 5.74) is 5.11. The Balaban J connectivity index is 0.00000118. The molecule has 140 valence electrons. The van der Waals surface area contributed by atoms with Crippen molar-refractivity contribution in [3.05, 3.63) is 30.3 Å². The Bertz CT molecular complexity index is 484. The Morgan fingerprint density at radius 3 is 1.88 bits per heavy atom. The fraction of sp³-hybridized carbons (Fsp3) is 0.684. The van der Waals surface area contributed by atoms with Crippen LogP contribution in [0.1, 0.15) is 72.1 Å². The Morgan fingerprint density at radius 1 is 0.917 bits per heavy atom. The Hall–Kier alpha value is -0.910. The fourth-order valence-electron chi connectivity index (χ4n) is 2.06. The maximum absolute atomic E-state index is 11.8. The van der Waals surface area contributed by atoms with Crippen LogP contribution in [0.3, 0.4) is 0 Å². The molecule has 24 heavy (non-hydrogen) atoms. The van der Waals surface area contributed by atoms with E-state index >= 15 is 0 Å². The molecule has 5 heteroatoms. The summed E-state index contributed by atoms with van der Waals surface area (Å²) in [4.78, 5) is 0.236. The molecule has 1 aromatic rings. The molecule has 2 N–H and O–H groups in total. The van der Waals surface area contributed by atoms with Gasteiger partial charge in [0.1, 0.15) is 0 Å². The lowest BCUT2D eigenvalue weighted by Crippen LogP contribution is -2.07. The molecule has 0 atom stereocenters. The molecule has 0 aromatic heterocycles. The van der Waals surface area contributed by atoms with Gasteiger partial charge in [0, 0.05) is 0 Å². The topological polar surface area (TPSA) is 69.4 Å². The molecule has 0 heterocycles. The lowest BCUT2D eigenvalue weighted by Gasteiger charge is -2.05. The lowest BCUT2D eigenvalue weighted by molar-refractivity contribution is 0.306. The van der Waals surface area contributed by atoms with Gasteiger partial charge < -0.3 is 5.73 Å². The first-order valence-corrected chi connectivity index (χ1v) is 10.5. The highest BCUT2D eigenvalue weighted by atomic mass is 32.2. The van der Waals surface area contributed by atoms with Crippen LogP contribution in [0.15, 0.2) is 35.2 Å². The van der Waals surface area contributed by atoms with Crippen molar-refractivity contribution in [3.8, 4) is 0 Å². The van der Waals surface area contributed by atoms with Gasteiger partial charge in [-0.05, 0) is 24.6 Å². The zero-order chi connectivity index (χ0) is 18.3. The van der Waals surface area contributed by atoms with Crippen molar-refractivity contribution >= 4 is 10.1 Å². The second-order valence-corrected chi connectivity index (χ2v) is 7.92. The molecule has 0 spiro atoms. The summed E-state index contributed by atoms with van der Waals surface area (Å²) in [6, 6.07) is 8.64. The van der Waals surface area contributed by atoms with Crippen LogP contribution in [-0.2, 0) is 14.3 Å². The summed E-state index contributed by atoms with van der Waals surface area (Å²) in [6.45, 7) is 6.39. The fourth-order valence-corrected chi connectivity index (χ4v) is 3.02. The molecule has 0 saturated carbocycles. The molecule has 1 aromatic carbocycles. The number of rotatable bonds is 11. The largest absolute Gasteiger partial charge is 0.328 e. The van der Waals surface area contributed by atoms with Gasteiger partial charge in [-0.2, -0.15) is 8.42 Å². The average molecular weight is 358 g/mol. The third-order valence-electron chi connectivity index (χ3n) is 3.27. The summed E-state index contributed by atoms with van der Waals surface area (Å²) < 4.78 is 28.7. The van der Waals surface area contributed by atoms with E-state index in [0.29, 0.717) is 6.04 Å². The highest BCUT2D eigenvalue weighted by Crippen LogP contribution is 2.13. The van der Waals surface area contributed by atoms with Gasteiger partial charge >= 0.3 is 0 Å². The second-order valence-electron chi connectivity index (χ2n) is 6.31. The van der Waals surface area contributed by atoms with Crippen LogP contribution in [-0.4, -0.2) is 21.1 Å². The number of unbranched alkanes of at least 4 members (excludes halogenated alkanes) is 7. The summed E-state index contributed by atoms with van der Waals surface area (Å²) in [6.07, 6.45) is 9.44. The summed E-state index contributed by atoms with van der Waals surface area (Å²) in [5, 5.41) is 0. The average Bonchev–Trinajstić information content (AvgIpc) is 2.53. The van der Waals surface area contributed by atoms with E-state index in [9.17, 15) is 8.42 Å². The van der Waals surface area contributed by atoms with Gasteiger partial charge in [0.15, 0.2) is 0 Å². The first-order chi connectivity index (χ1) is 11.4. The smallest absolute Gasteiger partial charge is 0.296 e. The van der Waals surface area contributed by atoms with Crippen molar-refractivity contribution in [2.24, 2.45) is 5.73 Å². The third-order valence-corrected chi connectivity index (χ3v) is 4.59. The van der Waals surface area contributed by atoms with Crippen LogP contribution >= 0.6 is 0 Å². The predicted molar refractivity (Wildman–Crippen MR) is 102 cm³/mol. The molecule has 0 radical (unpaired) electrons. The van der Waals surface area contributed by atoms with Crippen molar-refractivity contribution in [3.63, 3.8) is 0 Å². The van der Waals surface area contributed by atoms with Crippen molar-refractivity contribution in [2.75, 3.05) is 6.61 Å². The molecular formula is C19H35NO3S. The first kappa shape index (κ1) is 23.1. The van der Waals surface area contributed by atoms with E-state index in [1.165, 1.54) is 38.5 Å². The monoisotopic (exact) mass is 357 g/mol. The minimum atomic E-state index is -3.57. The molecule has 0 aliphatic rings. The molecule has 0 aliphatic heterocycles. The molecular weight excluding hydrogens is 322 g/mol. The minimum Gasteiger partial charge on any atom is -0.328 e. The Labute approximate surface area is 148 Å². The Morgan fingerprint density at radius 2 is 1.38 bits per heavy atom. The number of hydrogen-bond donors (Lipinski definition) is 1. The van der Waals surface area contributed by atoms with Crippen LogP contribution in [0.5, 0.6) is 0 Å². The quantitative estimate of drug-likeness (QED) is 0.452. The maximum Gasteiger partial charge on any atom is 0.296 e. The second kappa shape index (κ2) is 14.4. The maximum atomic E-state index is 11.8. The van der Waals surface area contributed by atoms with Crippen LogP contribution in [0, 0.1) is 0 Å². The molecule has 0 bridgehead atoms. The number of benzene rings is 1. The third kappa shape index (κ3) is 13.5. The lowest BCUT2D eigenvalue weighted by atomic mass is 10.1. The van der Waals surface area contributed by atoms with E-state index in [1.54, 1.807) is 30.3 Å². The number of hydrogen-bond acceptors (Lipinski definition) is 4. The standard InChI is InChI=1S/C16H26O3S.C3H9N/c1-2-3-4-5-6-7-8-12-15-19-20(17,18)16-13-10-9-11-14-16;1-3(2)4/h9-11,13-14H,2-8,12,15H2,1H3;3H,4H2,1-2H3. The van der Waals surface area contributed by atoms with Gasteiger partial charge in [0.2, 0.25) is 0 Å². The summed E-state index contributed by atoms with van der Waals surface area (Å²) >= 11 is 0. The van der Waals surface area contributed by atoms with Gasteiger partial charge in [-0.3, -0.25) is 4.18 Å². The number of nitrogens with two attached hydrogens (primary N) is 1. The van der Waals surface area contributed by atoms with Gasteiger partial charge in [0.05, 0.1) is 11.5 Å². The molecule has 1 rings (SSSR count). The minimum absolute atomic E-state index is 0.236.